The Hall–Kier alpha value is -2.69. The molecule has 2 N–H and O–H groups in total. The molecule has 106 valence electrons. The third kappa shape index (κ3) is 2.76. The number of benzene rings is 2. The van der Waals surface area contributed by atoms with Crippen molar-refractivity contribution in [2.24, 2.45) is 0 Å². The van der Waals surface area contributed by atoms with Crippen LogP contribution in [0.15, 0.2) is 48.7 Å². The molecule has 0 bridgehead atoms. The second-order valence-electron chi connectivity index (χ2n) is 4.75. The molecule has 1 aromatic heterocycles. The summed E-state index contributed by atoms with van der Waals surface area (Å²) in [5.41, 5.74) is 6.39. The highest BCUT2D eigenvalue weighted by atomic mass is 19.1. The first-order valence-corrected chi connectivity index (χ1v) is 6.57. The Morgan fingerprint density at radius 1 is 1.14 bits per heavy atom. The first-order valence-electron chi connectivity index (χ1n) is 6.57. The third-order valence-electron chi connectivity index (χ3n) is 3.27. The number of aromatic nitrogens is 2. The molecule has 1 atom stereocenters. The second-order valence-corrected chi connectivity index (χ2v) is 4.75. The number of halogens is 1. The molecule has 0 spiro atoms. The number of nitrogen functional groups attached to an aromatic ring is 1. The Kier molecular flexibility index (Phi) is 3.39. The molecule has 21 heavy (non-hydrogen) atoms. The van der Waals surface area contributed by atoms with E-state index in [0.29, 0.717) is 0 Å². The van der Waals surface area contributed by atoms with Crippen molar-refractivity contribution in [3.63, 3.8) is 0 Å². The molecule has 0 fully saturated rings. The maximum atomic E-state index is 13.0. The van der Waals surface area contributed by atoms with Gasteiger partial charge in [-0.3, -0.25) is 0 Å². The van der Waals surface area contributed by atoms with E-state index in [1.54, 1.807) is 0 Å². The van der Waals surface area contributed by atoms with Crippen molar-refractivity contribution >= 4 is 16.6 Å². The smallest absolute Gasteiger partial charge is 0.319 e. The summed E-state index contributed by atoms with van der Waals surface area (Å²) in [6, 6.07) is 14.2. The number of hydrogen-bond acceptors (Lipinski definition) is 4. The minimum absolute atomic E-state index is 0.0644. The summed E-state index contributed by atoms with van der Waals surface area (Å²) in [4.78, 5) is 7.55. The van der Waals surface area contributed by atoms with Crippen LogP contribution in [0, 0.1) is 5.82 Å². The van der Waals surface area contributed by atoms with Gasteiger partial charge in [0.05, 0.1) is 6.20 Å². The SMILES string of the molecule is CC(Oc1ncc(F)c(N)n1)c1ccc2ccccc2c1. The molecule has 0 radical (unpaired) electrons. The number of anilines is 1. The lowest BCUT2D eigenvalue weighted by Gasteiger charge is -2.14. The van der Waals surface area contributed by atoms with Crippen molar-refractivity contribution in [3.8, 4) is 6.01 Å². The third-order valence-corrected chi connectivity index (χ3v) is 3.27. The summed E-state index contributed by atoms with van der Waals surface area (Å²) < 4.78 is 18.6. The van der Waals surface area contributed by atoms with Crippen molar-refractivity contribution < 1.29 is 9.13 Å². The average molecular weight is 283 g/mol. The average Bonchev–Trinajstić information content (AvgIpc) is 2.50. The highest BCUT2D eigenvalue weighted by Gasteiger charge is 2.11. The van der Waals surface area contributed by atoms with Gasteiger partial charge >= 0.3 is 6.01 Å². The lowest BCUT2D eigenvalue weighted by atomic mass is 10.0. The van der Waals surface area contributed by atoms with Crippen LogP contribution in [-0.2, 0) is 0 Å². The molecule has 0 aliphatic heterocycles. The van der Waals surface area contributed by atoms with Gasteiger partial charge in [0.1, 0.15) is 6.10 Å². The molecule has 1 unspecified atom stereocenters. The van der Waals surface area contributed by atoms with Crippen LogP contribution in [0.4, 0.5) is 10.2 Å². The molecule has 0 aliphatic rings. The predicted molar refractivity (Wildman–Crippen MR) is 79.4 cm³/mol. The van der Waals surface area contributed by atoms with Gasteiger partial charge in [0.25, 0.3) is 0 Å². The fourth-order valence-corrected chi connectivity index (χ4v) is 2.11. The molecule has 2 aromatic carbocycles. The summed E-state index contributed by atoms with van der Waals surface area (Å²) in [6.45, 7) is 1.88. The molecular formula is C16H14FN3O. The highest BCUT2D eigenvalue weighted by Crippen LogP contribution is 2.23. The van der Waals surface area contributed by atoms with Gasteiger partial charge in [-0.1, -0.05) is 36.4 Å². The molecule has 4 nitrogen and oxygen atoms in total. The first-order chi connectivity index (χ1) is 10.1. The first kappa shape index (κ1) is 13.3. The summed E-state index contributed by atoms with van der Waals surface area (Å²) in [7, 11) is 0. The van der Waals surface area contributed by atoms with E-state index in [1.165, 1.54) is 0 Å². The van der Waals surface area contributed by atoms with Crippen molar-refractivity contribution in [1.82, 2.24) is 9.97 Å². The second kappa shape index (κ2) is 5.36. The number of nitrogens with zero attached hydrogens (tertiary/aromatic N) is 2. The number of hydrogen-bond donors (Lipinski definition) is 1. The van der Waals surface area contributed by atoms with Crippen LogP contribution in [-0.4, -0.2) is 9.97 Å². The van der Waals surface area contributed by atoms with E-state index in [4.69, 9.17) is 10.5 Å². The molecule has 5 heteroatoms. The molecule has 1 heterocycles. The summed E-state index contributed by atoms with van der Waals surface area (Å²) in [6.07, 6.45) is 0.740. The number of ether oxygens (including phenoxy) is 1. The Morgan fingerprint density at radius 2 is 1.90 bits per heavy atom. The lowest BCUT2D eigenvalue weighted by molar-refractivity contribution is 0.207. The molecule has 3 rings (SSSR count). The van der Waals surface area contributed by atoms with Crippen molar-refractivity contribution in [2.45, 2.75) is 13.0 Å². The summed E-state index contributed by atoms with van der Waals surface area (Å²) in [5.74, 6) is -0.869. The summed E-state index contributed by atoms with van der Waals surface area (Å²) in [5, 5.41) is 2.29. The minimum Gasteiger partial charge on any atom is -0.456 e. The molecule has 0 saturated heterocycles. The Balaban J connectivity index is 1.85. The van der Waals surface area contributed by atoms with E-state index >= 15 is 0 Å². The van der Waals surface area contributed by atoms with E-state index in [9.17, 15) is 4.39 Å². The topological polar surface area (TPSA) is 61.0 Å². The number of nitrogens with two attached hydrogens (primary N) is 1. The van der Waals surface area contributed by atoms with Gasteiger partial charge in [-0.2, -0.15) is 4.98 Å². The normalized spacial score (nSPS) is 12.3. The minimum atomic E-state index is -0.652. The standard InChI is InChI=1S/C16H14FN3O/c1-10(21-16-19-9-14(17)15(18)20-16)12-7-6-11-4-2-3-5-13(11)8-12/h2-10H,1H3,(H2,18,19,20). The quantitative estimate of drug-likeness (QED) is 0.799. The van der Waals surface area contributed by atoms with E-state index in [-0.39, 0.29) is 17.9 Å². The molecule has 0 aliphatic carbocycles. The van der Waals surface area contributed by atoms with E-state index in [0.717, 1.165) is 22.5 Å². The fraction of sp³-hybridized carbons (Fsp3) is 0.125. The van der Waals surface area contributed by atoms with Gasteiger partial charge in [0.15, 0.2) is 11.6 Å². The Bertz CT molecular complexity index is 791. The number of fused-ring (bicyclic) bond motifs is 1. The predicted octanol–water partition coefficient (Wildman–Crippen LogP) is 3.49. The van der Waals surface area contributed by atoms with Crippen molar-refractivity contribution in [1.29, 1.82) is 0 Å². The van der Waals surface area contributed by atoms with Crippen LogP contribution in [0.25, 0.3) is 10.8 Å². The maximum Gasteiger partial charge on any atom is 0.319 e. The van der Waals surface area contributed by atoms with Gasteiger partial charge in [-0.25, -0.2) is 9.37 Å². The van der Waals surface area contributed by atoms with Gasteiger partial charge in [0.2, 0.25) is 0 Å². The van der Waals surface area contributed by atoms with Gasteiger partial charge in [-0.05, 0) is 29.3 Å². The number of rotatable bonds is 3. The van der Waals surface area contributed by atoms with Gasteiger partial charge < -0.3 is 10.5 Å². The highest BCUT2D eigenvalue weighted by molar-refractivity contribution is 5.83. The van der Waals surface area contributed by atoms with Crippen LogP contribution >= 0.6 is 0 Å². The molecule has 0 amide bonds. The molecule has 3 aromatic rings. The maximum absolute atomic E-state index is 13.0. The summed E-state index contributed by atoms with van der Waals surface area (Å²) >= 11 is 0. The van der Waals surface area contributed by atoms with E-state index in [1.807, 2.05) is 43.3 Å². The van der Waals surface area contributed by atoms with Crippen LogP contribution in [0.1, 0.15) is 18.6 Å². The largest absolute Gasteiger partial charge is 0.456 e. The van der Waals surface area contributed by atoms with Crippen molar-refractivity contribution in [2.75, 3.05) is 5.73 Å². The van der Waals surface area contributed by atoms with Crippen LogP contribution < -0.4 is 10.5 Å². The van der Waals surface area contributed by atoms with E-state index in [2.05, 4.69) is 16.0 Å². The van der Waals surface area contributed by atoms with Crippen LogP contribution in [0.5, 0.6) is 6.01 Å². The fourth-order valence-electron chi connectivity index (χ4n) is 2.11. The zero-order valence-electron chi connectivity index (χ0n) is 11.5. The zero-order chi connectivity index (χ0) is 14.8. The lowest BCUT2D eigenvalue weighted by Crippen LogP contribution is -2.07. The Labute approximate surface area is 121 Å². The zero-order valence-corrected chi connectivity index (χ0v) is 11.5. The van der Waals surface area contributed by atoms with Crippen LogP contribution in [0.3, 0.4) is 0 Å². The molecular weight excluding hydrogens is 269 g/mol. The van der Waals surface area contributed by atoms with E-state index < -0.39 is 5.82 Å². The van der Waals surface area contributed by atoms with Gasteiger partial charge in [0, 0.05) is 0 Å². The molecule has 0 saturated carbocycles. The van der Waals surface area contributed by atoms with Crippen molar-refractivity contribution in [3.05, 3.63) is 60.0 Å². The van der Waals surface area contributed by atoms with Gasteiger partial charge in [-0.15, -0.1) is 0 Å². The Morgan fingerprint density at radius 3 is 2.67 bits per heavy atom. The monoisotopic (exact) mass is 283 g/mol. The van der Waals surface area contributed by atoms with Crippen LogP contribution in [0.2, 0.25) is 0 Å².